The van der Waals surface area contributed by atoms with E-state index in [9.17, 15) is 5.11 Å². The van der Waals surface area contributed by atoms with Gasteiger partial charge in [-0.1, -0.05) is 30.3 Å². The summed E-state index contributed by atoms with van der Waals surface area (Å²) in [5, 5.41) is 10.5. The number of hydrogen-bond donors (Lipinski definition) is 1. The number of aromatic nitrogens is 3. The quantitative estimate of drug-likeness (QED) is 0.374. The molecule has 0 saturated carbocycles. The van der Waals surface area contributed by atoms with Crippen LogP contribution in [0.1, 0.15) is 36.8 Å². The SMILES string of the molecule is C#CCC(Cl)C/C(=C\Cl)Sc1c(CC)nc(CO)n1Cc1ccncc1. The van der Waals surface area contributed by atoms with Gasteiger partial charge in [-0.05, 0) is 30.5 Å². The molecule has 2 rings (SSSR count). The van der Waals surface area contributed by atoms with Gasteiger partial charge in [-0.3, -0.25) is 4.98 Å². The van der Waals surface area contributed by atoms with Crippen LogP contribution in [-0.2, 0) is 19.6 Å². The predicted molar refractivity (Wildman–Crippen MR) is 108 cm³/mol. The van der Waals surface area contributed by atoms with E-state index in [1.807, 2.05) is 23.6 Å². The lowest BCUT2D eigenvalue weighted by molar-refractivity contribution is 0.265. The maximum Gasteiger partial charge on any atom is 0.136 e. The molecule has 138 valence electrons. The lowest BCUT2D eigenvalue weighted by Gasteiger charge is -2.14. The van der Waals surface area contributed by atoms with Crippen LogP contribution in [0.4, 0.5) is 0 Å². The molecule has 0 fully saturated rings. The molecule has 0 spiro atoms. The van der Waals surface area contributed by atoms with E-state index < -0.39 is 0 Å². The molecule has 0 aromatic carbocycles. The molecule has 1 atom stereocenters. The van der Waals surface area contributed by atoms with Gasteiger partial charge >= 0.3 is 0 Å². The zero-order valence-electron chi connectivity index (χ0n) is 14.5. The highest BCUT2D eigenvalue weighted by molar-refractivity contribution is 8.03. The molecule has 2 heterocycles. The lowest BCUT2D eigenvalue weighted by atomic mass is 10.2. The van der Waals surface area contributed by atoms with E-state index in [-0.39, 0.29) is 12.0 Å². The number of hydrogen-bond acceptors (Lipinski definition) is 4. The molecular weight excluding hydrogens is 389 g/mol. The first-order valence-electron chi connectivity index (χ1n) is 8.25. The Hall–Kier alpha value is -1.45. The van der Waals surface area contributed by atoms with E-state index in [2.05, 4.69) is 15.9 Å². The molecule has 2 aromatic rings. The Morgan fingerprint density at radius 1 is 1.46 bits per heavy atom. The number of pyridine rings is 1. The van der Waals surface area contributed by atoms with Crippen molar-refractivity contribution in [3.8, 4) is 12.3 Å². The van der Waals surface area contributed by atoms with E-state index in [1.54, 1.807) is 17.9 Å². The minimum Gasteiger partial charge on any atom is -0.388 e. The minimum absolute atomic E-state index is 0.131. The summed E-state index contributed by atoms with van der Waals surface area (Å²) in [6.45, 7) is 2.50. The second kappa shape index (κ2) is 10.6. The highest BCUT2D eigenvalue weighted by Crippen LogP contribution is 2.35. The van der Waals surface area contributed by atoms with E-state index >= 15 is 0 Å². The first-order valence-corrected chi connectivity index (χ1v) is 9.94. The number of terminal acetylenes is 1. The van der Waals surface area contributed by atoms with Crippen LogP contribution < -0.4 is 0 Å². The van der Waals surface area contributed by atoms with Crippen molar-refractivity contribution in [2.75, 3.05) is 0 Å². The highest BCUT2D eigenvalue weighted by atomic mass is 35.5. The van der Waals surface area contributed by atoms with Crippen LogP contribution in [0.15, 0.2) is 40.0 Å². The lowest BCUT2D eigenvalue weighted by Crippen LogP contribution is -2.07. The number of allylic oxidation sites excluding steroid dienone is 1. The van der Waals surface area contributed by atoms with Gasteiger partial charge in [-0.25, -0.2) is 4.98 Å². The van der Waals surface area contributed by atoms with E-state index in [4.69, 9.17) is 29.6 Å². The molecule has 0 bridgehead atoms. The molecule has 1 unspecified atom stereocenters. The smallest absolute Gasteiger partial charge is 0.136 e. The van der Waals surface area contributed by atoms with Crippen LogP contribution >= 0.6 is 35.0 Å². The Labute approximate surface area is 168 Å². The molecule has 7 heteroatoms. The normalized spacial score (nSPS) is 12.8. The van der Waals surface area contributed by atoms with Crippen LogP contribution in [-0.4, -0.2) is 25.0 Å². The zero-order valence-corrected chi connectivity index (χ0v) is 16.9. The average Bonchev–Trinajstić information content (AvgIpc) is 2.98. The summed E-state index contributed by atoms with van der Waals surface area (Å²) in [6, 6.07) is 3.89. The van der Waals surface area contributed by atoms with Crippen LogP contribution in [0.2, 0.25) is 0 Å². The van der Waals surface area contributed by atoms with E-state index in [1.165, 1.54) is 11.8 Å². The van der Waals surface area contributed by atoms with Crippen molar-refractivity contribution < 1.29 is 5.11 Å². The summed E-state index contributed by atoms with van der Waals surface area (Å²) in [5.41, 5.74) is 3.54. The molecule has 26 heavy (non-hydrogen) atoms. The van der Waals surface area contributed by atoms with Gasteiger partial charge in [0.25, 0.3) is 0 Å². The fourth-order valence-corrected chi connectivity index (χ4v) is 4.22. The Morgan fingerprint density at radius 3 is 2.77 bits per heavy atom. The maximum absolute atomic E-state index is 9.75. The molecule has 0 amide bonds. The van der Waals surface area contributed by atoms with Gasteiger partial charge in [-0.15, -0.1) is 23.9 Å². The predicted octanol–water partition coefficient (Wildman–Crippen LogP) is 4.57. The number of imidazole rings is 1. The van der Waals surface area contributed by atoms with Crippen molar-refractivity contribution in [1.82, 2.24) is 14.5 Å². The third-order valence-electron chi connectivity index (χ3n) is 3.75. The fourth-order valence-electron chi connectivity index (χ4n) is 2.49. The van der Waals surface area contributed by atoms with Crippen molar-refractivity contribution in [3.05, 3.63) is 52.0 Å². The number of halogens is 2. The zero-order chi connectivity index (χ0) is 18.9. The van der Waals surface area contributed by atoms with Crippen LogP contribution in [0, 0.1) is 12.3 Å². The van der Waals surface area contributed by atoms with Crippen LogP contribution in [0.25, 0.3) is 0 Å². The van der Waals surface area contributed by atoms with Gasteiger partial charge in [0.2, 0.25) is 0 Å². The number of thioether (sulfide) groups is 1. The highest BCUT2D eigenvalue weighted by Gasteiger charge is 2.19. The number of aliphatic hydroxyl groups is 1. The molecule has 1 N–H and O–H groups in total. The van der Waals surface area contributed by atoms with Crippen molar-refractivity contribution >= 4 is 35.0 Å². The van der Waals surface area contributed by atoms with Crippen molar-refractivity contribution in [2.45, 2.75) is 49.7 Å². The topological polar surface area (TPSA) is 50.9 Å². The molecule has 0 radical (unpaired) electrons. The maximum atomic E-state index is 9.75. The Morgan fingerprint density at radius 2 is 2.19 bits per heavy atom. The Kier molecular flexibility index (Phi) is 8.53. The van der Waals surface area contributed by atoms with Crippen LogP contribution in [0.3, 0.4) is 0 Å². The third kappa shape index (κ3) is 5.52. The van der Waals surface area contributed by atoms with Gasteiger partial charge in [0.05, 0.1) is 12.2 Å². The summed E-state index contributed by atoms with van der Waals surface area (Å²) in [4.78, 5) is 9.55. The average molecular weight is 410 g/mol. The summed E-state index contributed by atoms with van der Waals surface area (Å²) in [7, 11) is 0. The second-order valence-corrected chi connectivity index (χ2v) is 7.57. The molecule has 0 aliphatic carbocycles. The summed E-state index contributed by atoms with van der Waals surface area (Å²) >= 11 is 13.8. The van der Waals surface area contributed by atoms with Gasteiger partial charge in [0.1, 0.15) is 17.5 Å². The van der Waals surface area contributed by atoms with Gasteiger partial charge < -0.3 is 9.67 Å². The molecule has 0 aliphatic rings. The molecule has 4 nitrogen and oxygen atoms in total. The van der Waals surface area contributed by atoms with Crippen molar-refractivity contribution in [1.29, 1.82) is 0 Å². The number of aryl methyl sites for hydroxylation is 1. The molecule has 2 aromatic heterocycles. The number of rotatable bonds is 9. The van der Waals surface area contributed by atoms with E-state index in [0.29, 0.717) is 25.2 Å². The third-order valence-corrected chi connectivity index (χ3v) is 5.64. The van der Waals surface area contributed by atoms with Gasteiger partial charge in [0, 0.05) is 34.6 Å². The van der Waals surface area contributed by atoms with Gasteiger partial charge in [0.15, 0.2) is 0 Å². The van der Waals surface area contributed by atoms with Crippen LogP contribution in [0.5, 0.6) is 0 Å². The monoisotopic (exact) mass is 409 g/mol. The summed E-state index contributed by atoms with van der Waals surface area (Å²) < 4.78 is 2.02. The summed E-state index contributed by atoms with van der Waals surface area (Å²) in [5.74, 6) is 3.20. The first kappa shape index (κ1) is 20.9. The van der Waals surface area contributed by atoms with Crippen molar-refractivity contribution in [3.63, 3.8) is 0 Å². The first-order chi connectivity index (χ1) is 12.6. The van der Waals surface area contributed by atoms with E-state index in [0.717, 1.165) is 27.6 Å². The van der Waals surface area contributed by atoms with Gasteiger partial charge in [-0.2, -0.15) is 0 Å². The number of aliphatic hydroxyl groups excluding tert-OH is 1. The number of alkyl halides is 1. The second-order valence-electron chi connectivity index (χ2n) is 5.62. The summed E-state index contributed by atoms with van der Waals surface area (Å²) in [6.07, 6.45) is 10.7. The standard InChI is InChI=1S/C19H21Cl2N3OS/c1-3-5-15(21)10-16(11-20)26-19-17(4-2)23-18(13-25)24(19)12-14-6-8-22-9-7-14/h1,6-9,11,15,25H,4-5,10,12-13H2,2H3/b16-11+. The Balaban J connectivity index is 2.33. The minimum atomic E-state index is -0.170. The fraction of sp³-hybridized carbons (Fsp3) is 0.368. The van der Waals surface area contributed by atoms with Crippen molar-refractivity contribution in [2.24, 2.45) is 0 Å². The largest absolute Gasteiger partial charge is 0.388 e. The molecule has 0 aliphatic heterocycles. The molecule has 0 saturated heterocycles. The molecular formula is C19H21Cl2N3OS. The Bertz CT molecular complexity index is 784. The number of nitrogens with zero attached hydrogens (tertiary/aromatic N) is 3.